The maximum Gasteiger partial charge on any atom is 0.264 e. The van der Waals surface area contributed by atoms with Crippen LogP contribution in [0.15, 0.2) is 102 Å². The molecule has 8 heteroatoms. The second kappa shape index (κ2) is 15.2. The Kier molecular flexibility index (Phi) is 11.4. The quantitative estimate of drug-likeness (QED) is 0.180. The van der Waals surface area contributed by atoms with Crippen molar-refractivity contribution in [1.82, 2.24) is 10.2 Å². The van der Waals surface area contributed by atoms with Crippen LogP contribution in [-0.2, 0) is 32.6 Å². The van der Waals surface area contributed by atoms with Gasteiger partial charge in [0.1, 0.15) is 12.6 Å². The molecule has 7 nitrogen and oxygen atoms in total. The number of carbonyl (C=O) groups excluding carboxylic acids is 2. The molecule has 0 spiro atoms. The highest BCUT2D eigenvalue weighted by Gasteiger charge is 2.34. The molecule has 0 saturated carbocycles. The number of sulfonamides is 1. The molecule has 1 N–H and O–H groups in total. The Morgan fingerprint density at radius 2 is 1.41 bits per heavy atom. The van der Waals surface area contributed by atoms with Crippen LogP contribution in [0.5, 0.6) is 0 Å². The highest BCUT2D eigenvalue weighted by Crippen LogP contribution is 2.27. The Morgan fingerprint density at radius 3 is 2.04 bits per heavy atom. The number of benzene rings is 4. The van der Waals surface area contributed by atoms with Gasteiger partial charge in [0.2, 0.25) is 11.8 Å². The summed E-state index contributed by atoms with van der Waals surface area (Å²) in [4.78, 5) is 30.1. The summed E-state index contributed by atoms with van der Waals surface area (Å²) in [6.07, 6.45) is 0.274. The van der Waals surface area contributed by atoms with Crippen molar-refractivity contribution in [2.24, 2.45) is 5.92 Å². The zero-order valence-corrected chi connectivity index (χ0v) is 28.5. The third-order valence-electron chi connectivity index (χ3n) is 8.06. The van der Waals surface area contributed by atoms with Crippen molar-refractivity contribution in [1.29, 1.82) is 0 Å². The first-order valence-electron chi connectivity index (χ1n) is 15.7. The Bertz CT molecular complexity index is 1750. The van der Waals surface area contributed by atoms with E-state index in [1.165, 1.54) is 9.21 Å². The summed E-state index contributed by atoms with van der Waals surface area (Å²) in [5, 5.41) is 3.03. The number of nitrogens with one attached hydrogen (secondary N) is 1. The molecule has 1 atom stereocenters. The van der Waals surface area contributed by atoms with Crippen molar-refractivity contribution in [3.05, 3.63) is 130 Å². The molecule has 0 unspecified atom stereocenters. The van der Waals surface area contributed by atoms with Gasteiger partial charge in [-0.1, -0.05) is 97.8 Å². The number of hydrogen-bond acceptors (Lipinski definition) is 4. The Labute approximate surface area is 274 Å². The van der Waals surface area contributed by atoms with Crippen LogP contribution in [0.25, 0.3) is 0 Å². The van der Waals surface area contributed by atoms with Crippen LogP contribution in [0.2, 0.25) is 0 Å². The number of hydrogen-bond donors (Lipinski definition) is 1. The van der Waals surface area contributed by atoms with E-state index in [1.807, 2.05) is 102 Å². The molecule has 242 valence electrons. The van der Waals surface area contributed by atoms with Crippen molar-refractivity contribution in [3.63, 3.8) is 0 Å². The van der Waals surface area contributed by atoms with E-state index in [0.717, 1.165) is 33.4 Å². The summed E-state index contributed by atoms with van der Waals surface area (Å²) in [5.41, 5.74) is 5.99. The normalized spacial score (nSPS) is 12.1. The van der Waals surface area contributed by atoms with Gasteiger partial charge in [-0.3, -0.25) is 13.9 Å². The first kappa shape index (κ1) is 34.4. The Morgan fingerprint density at radius 1 is 0.739 bits per heavy atom. The van der Waals surface area contributed by atoms with Gasteiger partial charge in [-0.25, -0.2) is 8.42 Å². The molecule has 0 aliphatic carbocycles. The van der Waals surface area contributed by atoms with Crippen molar-refractivity contribution in [3.8, 4) is 0 Å². The van der Waals surface area contributed by atoms with E-state index in [-0.39, 0.29) is 29.7 Å². The van der Waals surface area contributed by atoms with Crippen molar-refractivity contribution in [2.75, 3.05) is 17.4 Å². The SMILES string of the molecule is Cc1ccc(S(=O)(=O)N(CC(=O)N(Cc2cccc(C)c2)[C@@H](Cc2ccccc2)C(=O)NCC(C)C)c2ccc(C)c(C)c2)cc1. The molecule has 0 fully saturated rings. The summed E-state index contributed by atoms with van der Waals surface area (Å²) in [5.74, 6) is -0.545. The molecule has 4 aromatic rings. The number of aryl methyl sites for hydroxylation is 4. The smallest absolute Gasteiger partial charge is 0.264 e. The fourth-order valence-electron chi connectivity index (χ4n) is 5.23. The molecule has 0 heterocycles. The number of nitrogens with zero attached hydrogens (tertiary/aromatic N) is 2. The zero-order valence-electron chi connectivity index (χ0n) is 27.7. The second-order valence-electron chi connectivity index (χ2n) is 12.4. The molecule has 0 aliphatic heterocycles. The van der Waals surface area contributed by atoms with E-state index in [1.54, 1.807) is 36.4 Å². The molecule has 2 amide bonds. The van der Waals surface area contributed by atoms with Crippen LogP contribution in [-0.4, -0.2) is 44.3 Å². The molecule has 4 aromatic carbocycles. The van der Waals surface area contributed by atoms with Gasteiger partial charge in [-0.2, -0.15) is 0 Å². The lowest BCUT2D eigenvalue weighted by molar-refractivity contribution is -0.140. The minimum absolute atomic E-state index is 0.0878. The first-order valence-corrected chi connectivity index (χ1v) is 17.1. The minimum atomic E-state index is -4.15. The second-order valence-corrected chi connectivity index (χ2v) is 14.3. The number of anilines is 1. The Hall–Kier alpha value is -4.43. The summed E-state index contributed by atoms with van der Waals surface area (Å²) < 4.78 is 29.7. The standard InChI is InChI=1S/C38H45N3O4S/c1-27(2)24-39-38(43)36(23-32-12-8-7-9-13-32)40(25-33-14-10-11-29(4)21-33)37(42)26-41(34-18-17-30(5)31(6)22-34)46(44,45)35-19-15-28(3)16-20-35/h7-22,27,36H,23-26H2,1-6H3,(H,39,43)/t36-/m0/s1. The third kappa shape index (κ3) is 8.85. The average molecular weight is 640 g/mol. The van der Waals surface area contributed by atoms with E-state index in [2.05, 4.69) is 5.32 Å². The molecule has 0 aromatic heterocycles. The van der Waals surface area contributed by atoms with Gasteiger partial charge < -0.3 is 10.2 Å². The van der Waals surface area contributed by atoms with Crippen molar-refractivity contribution < 1.29 is 18.0 Å². The predicted molar refractivity (Wildman–Crippen MR) is 185 cm³/mol. The van der Waals surface area contributed by atoms with Crippen LogP contribution in [0, 0.1) is 33.6 Å². The van der Waals surface area contributed by atoms with E-state index in [9.17, 15) is 18.0 Å². The van der Waals surface area contributed by atoms with Crippen molar-refractivity contribution in [2.45, 2.75) is 65.4 Å². The number of amides is 2. The summed E-state index contributed by atoms with van der Waals surface area (Å²) in [6, 6.07) is 28.5. The Balaban J connectivity index is 1.82. The zero-order chi connectivity index (χ0) is 33.4. The largest absolute Gasteiger partial charge is 0.354 e. The molecule has 0 bridgehead atoms. The molecular formula is C38H45N3O4S. The van der Waals surface area contributed by atoms with E-state index >= 15 is 0 Å². The fourth-order valence-corrected chi connectivity index (χ4v) is 6.64. The van der Waals surface area contributed by atoms with Gasteiger partial charge in [-0.05, 0) is 80.1 Å². The third-order valence-corrected chi connectivity index (χ3v) is 9.85. The van der Waals surface area contributed by atoms with Gasteiger partial charge in [0, 0.05) is 19.5 Å². The molecule has 0 aliphatic rings. The molecule has 46 heavy (non-hydrogen) atoms. The maximum absolute atomic E-state index is 14.6. The van der Waals surface area contributed by atoms with Crippen molar-refractivity contribution >= 4 is 27.5 Å². The number of carbonyl (C=O) groups is 2. The van der Waals surface area contributed by atoms with Gasteiger partial charge in [0.25, 0.3) is 10.0 Å². The summed E-state index contributed by atoms with van der Waals surface area (Å²) >= 11 is 0. The lowest BCUT2D eigenvalue weighted by Crippen LogP contribution is -2.53. The highest BCUT2D eigenvalue weighted by molar-refractivity contribution is 7.92. The topological polar surface area (TPSA) is 86.8 Å². The number of rotatable bonds is 13. The van der Waals surface area contributed by atoms with Crippen LogP contribution in [0.1, 0.15) is 47.2 Å². The molecule has 4 rings (SSSR count). The van der Waals surface area contributed by atoms with Gasteiger partial charge >= 0.3 is 0 Å². The van der Waals surface area contributed by atoms with E-state index in [0.29, 0.717) is 12.2 Å². The maximum atomic E-state index is 14.6. The fraction of sp³-hybridized carbons (Fsp3) is 0.316. The van der Waals surface area contributed by atoms with Crippen LogP contribution in [0.4, 0.5) is 5.69 Å². The van der Waals surface area contributed by atoms with Gasteiger partial charge in [0.15, 0.2) is 0 Å². The van der Waals surface area contributed by atoms with Crippen LogP contribution in [0.3, 0.4) is 0 Å². The average Bonchev–Trinajstić information content (AvgIpc) is 3.02. The molecular weight excluding hydrogens is 595 g/mol. The lowest BCUT2D eigenvalue weighted by atomic mass is 10.0. The molecule has 0 saturated heterocycles. The van der Waals surface area contributed by atoms with E-state index < -0.39 is 28.5 Å². The monoisotopic (exact) mass is 639 g/mol. The van der Waals surface area contributed by atoms with E-state index in [4.69, 9.17) is 0 Å². The highest BCUT2D eigenvalue weighted by atomic mass is 32.2. The minimum Gasteiger partial charge on any atom is -0.354 e. The lowest BCUT2D eigenvalue weighted by Gasteiger charge is -2.34. The van der Waals surface area contributed by atoms with Crippen LogP contribution < -0.4 is 9.62 Å². The first-order chi connectivity index (χ1) is 21.8. The molecule has 0 radical (unpaired) electrons. The predicted octanol–water partition coefficient (Wildman–Crippen LogP) is 6.53. The van der Waals surface area contributed by atoms with Crippen LogP contribution >= 0.6 is 0 Å². The van der Waals surface area contributed by atoms with Gasteiger partial charge in [0.05, 0.1) is 10.6 Å². The summed E-state index contributed by atoms with van der Waals surface area (Å²) in [6.45, 7) is 11.9. The summed E-state index contributed by atoms with van der Waals surface area (Å²) in [7, 11) is -4.15. The van der Waals surface area contributed by atoms with Gasteiger partial charge in [-0.15, -0.1) is 0 Å².